The van der Waals surface area contributed by atoms with Crippen molar-refractivity contribution in [2.75, 3.05) is 0 Å². The number of carbonyl (C=O) groups is 2. The molecule has 4 nitrogen and oxygen atoms in total. The van der Waals surface area contributed by atoms with Crippen molar-refractivity contribution in [2.24, 2.45) is 0 Å². The number of carbonyl (C=O) groups excluding carboxylic acids is 1. The van der Waals surface area contributed by atoms with E-state index in [2.05, 4.69) is 12.2 Å². The van der Waals surface area contributed by atoms with Crippen LogP contribution in [0.25, 0.3) is 0 Å². The highest BCUT2D eigenvalue weighted by Gasteiger charge is 2.19. The largest absolute Gasteiger partial charge is 0.478 e. The Bertz CT molecular complexity index is 476. The molecule has 0 bridgehead atoms. The van der Waals surface area contributed by atoms with Gasteiger partial charge in [0.25, 0.3) is 0 Å². The second-order valence-electron chi connectivity index (χ2n) is 4.76. The number of nitrogens with one attached hydrogen (secondary N) is 1. The predicted molar refractivity (Wildman–Crippen MR) is 81.2 cm³/mol. The number of aromatic carboxylic acids is 1. The molecule has 0 aromatic heterocycles. The minimum atomic E-state index is -0.972. The predicted octanol–water partition coefficient (Wildman–Crippen LogP) is 3.17. The number of rotatable bonds is 7. The Kier molecular flexibility index (Phi) is 6.58. The normalized spacial score (nSPS) is 13.6. The third-order valence-corrected chi connectivity index (χ3v) is 4.08. The van der Waals surface area contributed by atoms with E-state index in [1.54, 1.807) is 31.2 Å². The molecule has 1 aromatic carbocycles. The average molecular weight is 295 g/mol. The number of amides is 1. The molecule has 0 fully saturated rings. The Balaban J connectivity index is 2.68. The van der Waals surface area contributed by atoms with Gasteiger partial charge in [0.05, 0.1) is 10.8 Å². The summed E-state index contributed by atoms with van der Waals surface area (Å²) in [6.45, 7) is 5.84. The van der Waals surface area contributed by atoms with E-state index in [0.717, 1.165) is 12.8 Å². The summed E-state index contributed by atoms with van der Waals surface area (Å²) in [5.74, 6) is -1.03. The van der Waals surface area contributed by atoms with E-state index in [1.807, 2.05) is 6.92 Å². The van der Waals surface area contributed by atoms with Gasteiger partial charge < -0.3 is 10.4 Å². The third kappa shape index (κ3) is 4.89. The smallest absolute Gasteiger partial charge is 0.336 e. The Morgan fingerprint density at radius 3 is 2.55 bits per heavy atom. The quantitative estimate of drug-likeness (QED) is 0.758. The van der Waals surface area contributed by atoms with Crippen molar-refractivity contribution in [3.8, 4) is 0 Å². The van der Waals surface area contributed by atoms with Gasteiger partial charge in [-0.3, -0.25) is 4.79 Å². The molecule has 1 rings (SSSR count). The van der Waals surface area contributed by atoms with Crippen LogP contribution in [0.4, 0.5) is 0 Å². The zero-order chi connectivity index (χ0) is 15.1. The summed E-state index contributed by atoms with van der Waals surface area (Å²) < 4.78 is 0. The number of hydrogen-bond donors (Lipinski definition) is 2. The monoisotopic (exact) mass is 295 g/mol. The zero-order valence-corrected chi connectivity index (χ0v) is 12.9. The summed E-state index contributed by atoms with van der Waals surface area (Å²) >= 11 is 1.27. The molecule has 20 heavy (non-hydrogen) atoms. The number of carboxylic acid groups (broad SMARTS) is 1. The highest BCUT2D eigenvalue weighted by Crippen LogP contribution is 2.27. The lowest BCUT2D eigenvalue weighted by atomic mass is 10.2. The van der Waals surface area contributed by atoms with Gasteiger partial charge in [0.15, 0.2) is 0 Å². The lowest BCUT2D eigenvalue weighted by molar-refractivity contribution is -0.120. The van der Waals surface area contributed by atoms with Gasteiger partial charge in [0.1, 0.15) is 0 Å². The summed E-state index contributed by atoms with van der Waals surface area (Å²) in [5.41, 5.74) is 0.235. The van der Waals surface area contributed by atoms with E-state index in [0.29, 0.717) is 4.90 Å². The fourth-order valence-electron chi connectivity index (χ4n) is 1.86. The first-order valence-electron chi connectivity index (χ1n) is 6.75. The topological polar surface area (TPSA) is 66.4 Å². The van der Waals surface area contributed by atoms with Gasteiger partial charge in [-0.2, -0.15) is 0 Å². The first-order chi connectivity index (χ1) is 9.45. The van der Waals surface area contributed by atoms with Gasteiger partial charge in [-0.1, -0.05) is 25.5 Å². The van der Waals surface area contributed by atoms with Crippen LogP contribution in [-0.4, -0.2) is 28.3 Å². The summed E-state index contributed by atoms with van der Waals surface area (Å²) in [4.78, 5) is 23.8. The van der Waals surface area contributed by atoms with Crippen molar-refractivity contribution < 1.29 is 14.7 Å². The van der Waals surface area contributed by atoms with Gasteiger partial charge in [0.2, 0.25) is 5.91 Å². The van der Waals surface area contributed by atoms with Crippen LogP contribution in [0, 0.1) is 0 Å². The molecule has 0 radical (unpaired) electrons. The Hall–Kier alpha value is -1.49. The van der Waals surface area contributed by atoms with E-state index in [1.165, 1.54) is 11.8 Å². The molecule has 2 atom stereocenters. The molecule has 110 valence electrons. The molecule has 1 amide bonds. The Morgan fingerprint density at radius 2 is 1.95 bits per heavy atom. The second kappa shape index (κ2) is 7.94. The molecular weight excluding hydrogens is 274 g/mol. The number of benzene rings is 1. The molecular formula is C15H21NO3S. The maximum atomic E-state index is 12.0. The first kappa shape index (κ1) is 16.6. The van der Waals surface area contributed by atoms with Gasteiger partial charge in [0, 0.05) is 10.9 Å². The average Bonchev–Trinajstić information content (AvgIpc) is 2.39. The standard InChI is InChI=1S/C15H21NO3S/c1-4-7-10(2)16-14(17)11(3)20-13-9-6-5-8-12(13)15(18)19/h5-6,8-11H,4,7H2,1-3H3,(H,16,17)(H,18,19). The molecule has 0 aliphatic rings. The molecule has 0 saturated carbocycles. The van der Waals surface area contributed by atoms with Crippen LogP contribution >= 0.6 is 11.8 Å². The number of carboxylic acids is 1. The van der Waals surface area contributed by atoms with Crippen molar-refractivity contribution in [3.63, 3.8) is 0 Å². The summed E-state index contributed by atoms with van der Waals surface area (Å²) in [7, 11) is 0. The summed E-state index contributed by atoms with van der Waals surface area (Å²) in [6.07, 6.45) is 1.96. The first-order valence-corrected chi connectivity index (χ1v) is 7.63. The van der Waals surface area contributed by atoms with Gasteiger partial charge in [-0.25, -0.2) is 4.79 Å². The van der Waals surface area contributed by atoms with Crippen LogP contribution in [0.1, 0.15) is 44.0 Å². The lowest BCUT2D eigenvalue weighted by Crippen LogP contribution is -2.37. The van der Waals surface area contributed by atoms with E-state index in [-0.39, 0.29) is 22.8 Å². The number of hydrogen-bond acceptors (Lipinski definition) is 3. The fraction of sp³-hybridized carbons (Fsp3) is 0.467. The molecule has 0 aliphatic heterocycles. The summed E-state index contributed by atoms with van der Waals surface area (Å²) in [5, 5.41) is 11.7. The SMILES string of the molecule is CCCC(C)NC(=O)C(C)Sc1ccccc1C(=O)O. The molecule has 0 heterocycles. The minimum absolute atomic E-state index is 0.0591. The maximum absolute atomic E-state index is 12.0. The zero-order valence-electron chi connectivity index (χ0n) is 12.1. The third-order valence-electron chi connectivity index (χ3n) is 2.90. The van der Waals surface area contributed by atoms with Crippen LogP contribution in [0.3, 0.4) is 0 Å². The van der Waals surface area contributed by atoms with Crippen LogP contribution < -0.4 is 5.32 Å². The van der Waals surface area contributed by atoms with Crippen molar-refractivity contribution in [2.45, 2.75) is 49.8 Å². The molecule has 2 N–H and O–H groups in total. The molecule has 1 aromatic rings. The molecule has 0 aliphatic carbocycles. The van der Waals surface area contributed by atoms with E-state index in [4.69, 9.17) is 5.11 Å². The van der Waals surface area contributed by atoms with Crippen LogP contribution in [-0.2, 0) is 4.79 Å². The molecule has 0 saturated heterocycles. The van der Waals surface area contributed by atoms with E-state index in [9.17, 15) is 9.59 Å². The fourth-order valence-corrected chi connectivity index (χ4v) is 2.85. The Labute approximate surface area is 124 Å². The number of thioether (sulfide) groups is 1. The van der Waals surface area contributed by atoms with Gasteiger partial charge in [-0.15, -0.1) is 11.8 Å². The van der Waals surface area contributed by atoms with E-state index < -0.39 is 5.97 Å². The van der Waals surface area contributed by atoms with Crippen LogP contribution in [0.15, 0.2) is 29.2 Å². The molecule has 5 heteroatoms. The van der Waals surface area contributed by atoms with Crippen molar-refractivity contribution in [3.05, 3.63) is 29.8 Å². The van der Waals surface area contributed by atoms with Crippen molar-refractivity contribution >= 4 is 23.6 Å². The lowest BCUT2D eigenvalue weighted by Gasteiger charge is -2.17. The highest BCUT2D eigenvalue weighted by molar-refractivity contribution is 8.00. The highest BCUT2D eigenvalue weighted by atomic mass is 32.2. The van der Waals surface area contributed by atoms with Crippen LogP contribution in [0.5, 0.6) is 0 Å². The maximum Gasteiger partial charge on any atom is 0.336 e. The molecule has 0 spiro atoms. The van der Waals surface area contributed by atoms with Gasteiger partial charge >= 0.3 is 5.97 Å². The minimum Gasteiger partial charge on any atom is -0.478 e. The second-order valence-corrected chi connectivity index (χ2v) is 6.14. The summed E-state index contributed by atoms with van der Waals surface area (Å²) in [6, 6.07) is 6.88. The molecule has 2 unspecified atom stereocenters. The Morgan fingerprint density at radius 1 is 1.30 bits per heavy atom. The van der Waals surface area contributed by atoms with Crippen molar-refractivity contribution in [1.82, 2.24) is 5.32 Å². The van der Waals surface area contributed by atoms with Crippen LogP contribution in [0.2, 0.25) is 0 Å². The van der Waals surface area contributed by atoms with E-state index >= 15 is 0 Å². The van der Waals surface area contributed by atoms with Crippen molar-refractivity contribution in [1.29, 1.82) is 0 Å². The van der Waals surface area contributed by atoms with Gasteiger partial charge in [-0.05, 0) is 32.4 Å².